The number of phenols is 1. The fraction of sp³-hybridized carbons (Fsp3) is 0.304. The molecule has 26 heavy (non-hydrogen) atoms. The van der Waals surface area contributed by atoms with Gasteiger partial charge in [0, 0.05) is 11.1 Å². The van der Waals surface area contributed by atoms with E-state index in [-0.39, 0.29) is 0 Å². The molecule has 0 atom stereocenters. The molecule has 0 saturated carbocycles. The molecule has 0 saturated heterocycles. The third kappa shape index (κ3) is 4.77. The van der Waals surface area contributed by atoms with Crippen LogP contribution in [0.1, 0.15) is 36.5 Å². The minimum absolute atomic E-state index is 0.301. The number of rotatable bonds is 4. The van der Waals surface area contributed by atoms with Crippen LogP contribution in [0.4, 0.5) is 0 Å². The Bertz CT molecular complexity index is 755. The highest BCUT2D eigenvalue weighted by Crippen LogP contribution is 2.32. The molecule has 3 heteroatoms. The zero-order valence-electron chi connectivity index (χ0n) is 15.9. The number of benzene rings is 2. The summed E-state index contributed by atoms with van der Waals surface area (Å²) in [5.74, 6) is 1.24. The average molecular weight is 352 g/mol. The van der Waals surface area contributed by atoms with E-state index in [0.29, 0.717) is 12.4 Å². The number of hydrogen-bond acceptors (Lipinski definition) is 3. The molecule has 0 radical (unpaired) electrons. The van der Waals surface area contributed by atoms with Crippen molar-refractivity contribution >= 4 is 11.6 Å². The van der Waals surface area contributed by atoms with Crippen LogP contribution in [0.5, 0.6) is 11.5 Å². The molecule has 3 rings (SSSR count). The minimum atomic E-state index is 0.301. The van der Waals surface area contributed by atoms with Crippen molar-refractivity contribution in [2.75, 3.05) is 20.3 Å². The Morgan fingerprint density at radius 3 is 2.58 bits per heavy atom. The highest BCUT2D eigenvalue weighted by atomic mass is 16.5. The Hall–Kier alpha value is -2.52. The largest absolute Gasteiger partial charge is 0.507 e. The molecule has 1 N–H and O–H groups in total. The smallest absolute Gasteiger partial charge is 0.126 e. The van der Waals surface area contributed by atoms with E-state index >= 15 is 0 Å². The van der Waals surface area contributed by atoms with E-state index in [1.54, 1.807) is 19.3 Å². The quantitative estimate of drug-likeness (QED) is 0.776. The number of ether oxygens (including phenoxy) is 2. The third-order valence-corrected chi connectivity index (χ3v) is 4.59. The van der Waals surface area contributed by atoms with Gasteiger partial charge in [0.2, 0.25) is 0 Å². The van der Waals surface area contributed by atoms with Crippen molar-refractivity contribution in [3.8, 4) is 11.5 Å². The van der Waals surface area contributed by atoms with Gasteiger partial charge in [-0.05, 0) is 43.0 Å². The average Bonchev–Trinajstić information content (AvgIpc) is 2.68. The molecule has 2 aromatic carbocycles. The second-order valence-electron chi connectivity index (χ2n) is 6.15. The van der Waals surface area contributed by atoms with Gasteiger partial charge >= 0.3 is 0 Å². The van der Waals surface area contributed by atoms with Gasteiger partial charge < -0.3 is 14.6 Å². The first-order valence-corrected chi connectivity index (χ1v) is 8.95. The number of methoxy groups -OCH3 is 1. The van der Waals surface area contributed by atoms with Crippen LogP contribution in [0.2, 0.25) is 0 Å². The van der Waals surface area contributed by atoms with Crippen LogP contribution >= 0.6 is 0 Å². The SMILES string of the molecule is C=Cc1c(C)cccc1O.CCC1=C(c2ccccc2OC)COCC1. The highest BCUT2D eigenvalue weighted by molar-refractivity contribution is 5.74. The van der Waals surface area contributed by atoms with Crippen molar-refractivity contribution < 1.29 is 14.6 Å². The maximum atomic E-state index is 9.22. The zero-order valence-corrected chi connectivity index (χ0v) is 15.9. The summed E-state index contributed by atoms with van der Waals surface area (Å²) in [6, 6.07) is 13.6. The van der Waals surface area contributed by atoms with Crippen LogP contribution in [0.25, 0.3) is 11.6 Å². The Kier molecular flexibility index (Phi) is 7.49. The van der Waals surface area contributed by atoms with E-state index in [0.717, 1.165) is 36.3 Å². The van der Waals surface area contributed by atoms with Gasteiger partial charge in [0.05, 0.1) is 20.3 Å². The monoisotopic (exact) mass is 352 g/mol. The van der Waals surface area contributed by atoms with Crippen LogP contribution < -0.4 is 4.74 Å². The normalized spacial score (nSPS) is 13.7. The summed E-state index contributed by atoms with van der Waals surface area (Å²) >= 11 is 0. The molecule has 3 nitrogen and oxygen atoms in total. The molecular weight excluding hydrogens is 324 g/mol. The molecule has 1 aliphatic rings. The van der Waals surface area contributed by atoms with Gasteiger partial charge in [-0.1, -0.05) is 55.5 Å². The molecule has 0 fully saturated rings. The summed E-state index contributed by atoms with van der Waals surface area (Å²) < 4.78 is 11.0. The number of hydrogen-bond donors (Lipinski definition) is 1. The second-order valence-corrected chi connectivity index (χ2v) is 6.15. The molecule has 0 aliphatic carbocycles. The molecule has 0 aromatic heterocycles. The first-order valence-electron chi connectivity index (χ1n) is 8.95. The van der Waals surface area contributed by atoms with Crippen LogP contribution in [0.15, 0.2) is 54.6 Å². The van der Waals surface area contributed by atoms with E-state index in [1.165, 1.54) is 16.7 Å². The van der Waals surface area contributed by atoms with Crippen molar-refractivity contribution in [1.29, 1.82) is 0 Å². The number of phenolic OH excluding ortho intramolecular Hbond substituents is 1. The standard InChI is InChI=1S/C14H18O2.C9H10O/c1-3-11-8-9-16-10-13(11)12-6-4-5-7-14(12)15-2;1-3-8-7(2)5-4-6-9(8)10/h4-7H,3,8-10H2,1-2H3;3-6,10H,1H2,2H3. The van der Waals surface area contributed by atoms with Gasteiger partial charge in [-0.15, -0.1) is 0 Å². The summed E-state index contributed by atoms with van der Waals surface area (Å²) in [5.41, 5.74) is 5.86. The molecule has 0 bridgehead atoms. The summed E-state index contributed by atoms with van der Waals surface area (Å²) in [6.07, 6.45) is 3.80. The maximum Gasteiger partial charge on any atom is 0.126 e. The third-order valence-electron chi connectivity index (χ3n) is 4.59. The number of aryl methyl sites for hydroxylation is 1. The van der Waals surface area contributed by atoms with Gasteiger partial charge in [-0.25, -0.2) is 0 Å². The van der Waals surface area contributed by atoms with E-state index in [9.17, 15) is 5.11 Å². The fourth-order valence-electron chi connectivity index (χ4n) is 3.11. The van der Waals surface area contributed by atoms with Crippen molar-refractivity contribution in [1.82, 2.24) is 0 Å². The molecule has 138 valence electrons. The van der Waals surface area contributed by atoms with Gasteiger partial charge in [-0.2, -0.15) is 0 Å². The molecule has 2 aromatic rings. The van der Waals surface area contributed by atoms with Gasteiger partial charge in [0.1, 0.15) is 11.5 Å². The van der Waals surface area contributed by atoms with E-state index in [1.807, 2.05) is 37.3 Å². The molecule has 1 aliphatic heterocycles. The van der Waals surface area contributed by atoms with E-state index in [2.05, 4.69) is 19.6 Å². The summed E-state index contributed by atoms with van der Waals surface area (Å²) in [5, 5.41) is 9.22. The first kappa shape index (κ1) is 19.8. The lowest BCUT2D eigenvalue weighted by atomic mass is 9.94. The Balaban J connectivity index is 0.000000209. The predicted octanol–water partition coefficient (Wildman–Crippen LogP) is 5.62. The first-order chi connectivity index (χ1) is 12.6. The van der Waals surface area contributed by atoms with Gasteiger partial charge in [0.15, 0.2) is 0 Å². The second kappa shape index (κ2) is 9.83. The minimum Gasteiger partial charge on any atom is -0.507 e. The predicted molar refractivity (Wildman–Crippen MR) is 109 cm³/mol. The Morgan fingerprint density at radius 2 is 1.96 bits per heavy atom. The van der Waals surface area contributed by atoms with Crippen LogP contribution in [-0.2, 0) is 4.74 Å². The highest BCUT2D eigenvalue weighted by Gasteiger charge is 2.16. The topological polar surface area (TPSA) is 38.7 Å². The summed E-state index contributed by atoms with van der Waals surface area (Å²) in [7, 11) is 1.72. The molecule has 0 unspecified atom stereocenters. The zero-order chi connectivity index (χ0) is 18.9. The lowest BCUT2D eigenvalue weighted by Gasteiger charge is -2.21. The van der Waals surface area contributed by atoms with Crippen LogP contribution in [0, 0.1) is 6.92 Å². The molecule has 0 spiro atoms. The van der Waals surface area contributed by atoms with Gasteiger partial charge in [-0.3, -0.25) is 0 Å². The van der Waals surface area contributed by atoms with Crippen molar-refractivity contribution in [3.05, 3.63) is 71.3 Å². The lowest BCUT2D eigenvalue weighted by molar-refractivity contribution is 0.160. The Labute approximate surface area is 156 Å². The molecule has 1 heterocycles. The molecule has 0 amide bonds. The van der Waals surface area contributed by atoms with E-state index in [4.69, 9.17) is 9.47 Å². The summed E-state index contributed by atoms with van der Waals surface area (Å²) in [6.45, 7) is 9.30. The fourth-order valence-corrected chi connectivity index (χ4v) is 3.11. The van der Waals surface area contributed by atoms with E-state index < -0.39 is 0 Å². The van der Waals surface area contributed by atoms with Gasteiger partial charge in [0.25, 0.3) is 0 Å². The maximum absolute atomic E-state index is 9.22. The summed E-state index contributed by atoms with van der Waals surface area (Å²) in [4.78, 5) is 0. The van der Waals surface area contributed by atoms with Crippen molar-refractivity contribution in [3.63, 3.8) is 0 Å². The van der Waals surface area contributed by atoms with Crippen LogP contribution in [0.3, 0.4) is 0 Å². The molecular formula is C23H28O3. The van der Waals surface area contributed by atoms with Crippen LogP contribution in [-0.4, -0.2) is 25.4 Å². The number of para-hydroxylation sites is 1. The lowest BCUT2D eigenvalue weighted by Crippen LogP contribution is -2.10. The van der Waals surface area contributed by atoms with Crippen molar-refractivity contribution in [2.24, 2.45) is 0 Å². The Morgan fingerprint density at radius 1 is 1.19 bits per heavy atom. The van der Waals surface area contributed by atoms with Crippen molar-refractivity contribution in [2.45, 2.75) is 26.7 Å². The number of aromatic hydroxyl groups is 1.